The summed E-state index contributed by atoms with van der Waals surface area (Å²) < 4.78 is 0. The lowest BCUT2D eigenvalue weighted by Crippen LogP contribution is -2.26. The van der Waals surface area contributed by atoms with Crippen LogP contribution in [0, 0.1) is 0 Å². The lowest BCUT2D eigenvalue weighted by Gasteiger charge is -2.25. The molecule has 0 aromatic rings. The number of hydrogen-bond donors (Lipinski definition) is 0. The minimum absolute atomic E-state index is 0.494. The number of piperidine rings is 1. The van der Waals surface area contributed by atoms with Crippen LogP contribution in [0.15, 0.2) is 58.3 Å². The van der Waals surface area contributed by atoms with Crippen LogP contribution in [0.1, 0.15) is 25.7 Å². The zero-order valence-electron chi connectivity index (χ0n) is 13.8. The van der Waals surface area contributed by atoms with Crippen LogP contribution in [0.2, 0.25) is 0 Å². The Morgan fingerprint density at radius 2 is 2.09 bits per heavy atom. The fourth-order valence-electron chi connectivity index (χ4n) is 2.46. The summed E-state index contributed by atoms with van der Waals surface area (Å²) >= 11 is 0. The molecule has 0 saturated carbocycles. The minimum atomic E-state index is 0.494. The summed E-state index contributed by atoms with van der Waals surface area (Å²) in [5.74, 6) is 0. The maximum absolute atomic E-state index is 4.81. The molecule has 0 amide bonds. The molecule has 0 unspecified atom stereocenters. The fourth-order valence-corrected chi connectivity index (χ4v) is 2.46. The number of allylic oxidation sites excluding steroid dienone is 6. The van der Waals surface area contributed by atoms with Crippen LogP contribution in [-0.4, -0.2) is 43.7 Å². The SMILES string of the molecule is C=C/C=C1/C=C(N=CCCOOC)C=C/C1=N/N1CCCCC1. The predicted octanol–water partition coefficient (Wildman–Crippen LogP) is 3.43. The van der Waals surface area contributed by atoms with Gasteiger partial charge in [0, 0.05) is 31.3 Å². The minimum Gasteiger partial charge on any atom is -0.296 e. The maximum atomic E-state index is 4.81. The van der Waals surface area contributed by atoms with E-state index in [1.165, 1.54) is 26.4 Å². The van der Waals surface area contributed by atoms with Crippen LogP contribution in [0.3, 0.4) is 0 Å². The zero-order chi connectivity index (χ0) is 16.3. The third kappa shape index (κ3) is 5.96. The van der Waals surface area contributed by atoms with E-state index in [0.29, 0.717) is 13.0 Å². The maximum Gasteiger partial charge on any atom is 0.0905 e. The molecule has 2 rings (SSSR count). The number of hydrazone groups is 1. The van der Waals surface area contributed by atoms with Crippen molar-refractivity contribution in [2.45, 2.75) is 25.7 Å². The first-order valence-electron chi connectivity index (χ1n) is 8.08. The van der Waals surface area contributed by atoms with Gasteiger partial charge in [0.1, 0.15) is 0 Å². The van der Waals surface area contributed by atoms with Gasteiger partial charge >= 0.3 is 0 Å². The number of hydrogen-bond acceptors (Lipinski definition) is 5. The first kappa shape index (κ1) is 17.4. The van der Waals surface area contributed by atoms with Crippen molar-refractivity contribution in [3.63, 3.8) is 0 Å². The Morgan fingerprint density at radius 1 is 1.26 bits per heavy atom. The Hall–Kier alpha value is -1.98. The van der Waals surface area contributed by atoms with E-state index in [2.05, 4.69) is 21.5 Å². The summed E-state index contributed by atoms with van der Waals surface area (Å²) in [6.07, 6.45) is 16.0. The van der Waals surface area contributed by atoms with Gasteiger partial charge in [0.25, 0.3) is 0 Å². The van der Waals surface area contributed by atoms with Gasteiger partial charge in [-0.1, -0.05) is 18.7 Å². The van der Waals surface area contributed by atoms with E-state index >= 15 is 0 Å². The summed E-state index contributed by atoms with van der Waals surface area (Å²) in [5, 5.41) is 6.92. The molecule has 0 atom stereocenters. The van der Waals surface area contributed by atoms with Crippen LogP contribution < -0.4 is 0 Å². The Bertz CT molecular complexity index is 538. The summed E-state index contributed by atoms with van der Waals surface area (Å²) in [5.41, 5.74) is 2.90. The summed E-state index contributed by atoms with van der Waals surface area (Å²) in [6, 6.07) is 0. The molecular weight excluding hydrogens is 290 g/mol. The zero-order valence-corrected chi connectivity index (χ0v) is 13.8. The predicted molar refractivity (Wildman–Crippen MR) is 94.4 cm³/mol. The van der Waals surface area contributed by atoms with E-state index in [-0.39, 0.29) is 0 Å². The number of nitrogens with zero attached hydrogens (tertiary/aromatic N) is 3. The van der Waals surface area contributed by atoms with E-state index < -0.39 is 0 Å². The van der Waals surface area contributed by atoms with Crippen molar-refractivity contribution in [3.8, 4) is 0 Å². The first-order valence-corrected chi connectivity index (χ1v) is 8.08. The quantitative estimate of drug-likeness (QED) is 0.313. The lowest BCUT2D eigenvalue weighted by molar-refractivity contribution is -0.270. The third-order valence-corrected chi connectivity index (χ3v) is 3.58. The molecule has 0 spiro atoms. The Kier molecular flexibility index (Phi) is 7.49. The molecule has 0 radical (unpaired) electrons. The molecule has 124 valence electrons. The normalized spacial score (nSPS) is 22.1. The van der Waals surface area contributed by atoms with Crippen LogP contribution in [-0.2, 0) is 9.78 Å². The van der Waals surface area contributed by atoms with Crippen molar-refractivity contribution in [2.24, 2.45) is 10.1 Å². The van der Waals surface area contributed by atoms with Crippen molar-refractivity contribution < 1.29 is 9.78 Å². The number of aliphatic imine (C=N–C) groups is 1. The van der Waals surface area contributed by atoms with Crippen LogP contribution in [0.25, 0.3) is 0 Å². The molecule has 0 aromatic heterocycles. The molecule has 1 aliphatic carbocycles. The standard InChI is InChI=1S/C18H25N3O2/c1-3-8-16-15-17(19-11-7-14-23-22-2)9-10-18(16)20-21-12-5-4-6-13-21/h3,8-11,15H,1,4-7,12-14H2,2H3/b16-8-,19-11?,20-18-. The average molecular weight is 315 g/mol. The monoisotopic (exact) mass is 315 g/mol. The van der Waals surface area contributed by atoms with E-state index in [1.807, 2.05) is 30.5 Å². The van der Waals surface area contributed by atoms with Crippen molar-refractivity contribution in [1.82, 2.24) is 5.01 Å². The molecule has 2 aliphatic rings. The first-order chi connectivity index (χ1) is 11.3. The van der Waals surface area contributed by atoms with Gasteiger partial charge in [-0.15, -0.1) is 0 Å². The van der Waals surface area contributed by atoms with Gasteiger partial charge in [-0.3, -0.25) is 10.0 Å². The molecule has 5 heteroatoms. The van der Waals surface area contributed by atoms with E-state index in [1.54, 1.807) is 6.08 Å². The lowest BCUT2D eigenvalue weighted by atomic mass is 10.0. The highest BCUT2D eigenvalue weighted by molar-refractivity contribution is 6.12. The van der Waals surface area contributed by atoms with Crippen molar-refractivity contribution in [2.75, 3.05) is 26.8 Å². The van der Waals surface area contributed by atoms with E-state index in [4.69, 9.17) is 9.99 Å². The Labute approximate surface area is 138 Å². The molecule has 1 saturated heterocycles. The highest BCUT2D eigenvalue weighted by atomic mass is 17.2. The van der Waals surface area contributed by atoms with Crippen LogP contribution in [0.4, 0.5) is 0 Å². The molecule has 1 fully saturated rings. The molecular formula is C18H25N3O2. The van der Waals surface area contributed by atoms with Gasteiger partial charge in [-0.2, -0.15) is 5.10 Å². The average Bonchev–Trinajstić information content (AvgIpc) is 2.58. The molecule has 5 nitrogen and oxygen atoms in total. The Balaban J connectivity index is 2.02. The molecule has 23 heavy (non-hydrogen) atoms. The van der Waals surface area contributed by atoms with Crippen molar-refractivity contribution in [1.29, 1.82) is 0 Å². The van der Waals surface area contributed by atoms with Gasteiger partial charge in [0.2, 0.25) is 0 Å². The van der Waals surface area contributed by atoms with E-state index in [0.717, 1.165) is 30.1 Å². The van der Waals surface area contributed by atoms with Gasteiger partial charge in [-0.05, 0) is 37.5 Å². The smallest absolute Gasteiger partial charge is 0.0905 e. The summed E-state index contributed by atoms with van der Waals surface area (Å²) in [6.45, 7) is 6.35. The van der Waals surface area contributed by atoms with E-state index in [9.17, 15) is 0 Å². The fraction of sp³-hybridized carbons (Fsp3) is 0.444. The highest BCUT2D eigenvalue weighted by Gasteiger charge is 2.12. The molecule has 0 N–H and O–H groups in total. The van der Waals surface area contributed by atoms with Crippen LogP contribution >= 0.6 is 0 Å². The Morgan fingerprint density at radius 3 is 2.83 bits per heavy atom. The summed E-state index contributed by atoms with van der Waals surface area (Å²) in [7, 11) is 1.50. The van der Waals surface area contributed by atoms with Gasteiger partial charge in [0.05, 0.1) is 25.1 Å². The second kappa shape index (κ2) is 9.92. The van der Waals surface area contributed by atoms with Crippen LogP contribution in [0.5, 0.6) is 0 Å². The molecule has 1 heterocycles. The van der Waals surface area contributed by atoms with Gasteiger partial charge in [0.15, 0.2) is 0 Å². The molecule has 0 aromatic carbocycles. The highest BCUT2D eigenvalue weighted by Crippen LogP contribution is 2.17. The second-order valence-corrected chi connectivity index (χ2v) is 5.35. The van der Waals surface area contributed by atoms with Crippen molar-refractivity contribution >= 4 is 11.9 Å². The molecule has 1 aliphatic heterocycles. The second-order valence-electron chi connectivity index (χ2n) is 5.35. The van der Waals surface area contributed by atoms with Gasteiger partial charge in [-0.25, -0.2) is 9.78 Å². The number of rotatable bonds is 7. The van der Waals surface area contributed by atoms with Gasteiger partial charge < -0.3 is 0 Å². The van der Waals surface area contributed by atoms with Crippen molar-refractivity contribution in [3.05, 3.63) is 48.2 Å². The largest absolute Gasteiger partial charge is 0.296 e. The summed E-state index contributed by atoms with van der Waals surface area (Å²) in [4.78, 5) is 13.8. The third-order valence-electron chi connectivity index (χ3n) is 3.58. The molecule has 0 bridgehead atoms. The topological polar surface area (TPSA) is 46.4 Å².